The normalized spacial score (nSPS) is 20.1. The van der Waals surface area contributed by atoms with Crippen LogP contribution in [0.25, 0.3) is 0 Å². The van der Waals surface area contributed by atoms with Gasteiger partial charge in [0.1, 0.15) is 16.5 Å². The van der Waals surface area contributed by atoms with Crippen molar-refractivity contribution in [3.05, 3.63) is 114 Å². The standard InChI is InChI=1S/C31H31FN4O3S/c1-35-17-16-33-30(35)20-36(31(37)26-19-24(26)21-8-3-2-4-9-21)23-15-14-22-10-7-12-28(25(22)18-23)34-40(38,39)29-13-6-5-11-27(29)32/h2-6,8-9,11,13-18,24,26,28,34H,7,10,12,19-20H2,1H3/t24-,26+,28+/m1/s1. The number of fused-ring (bicyclic) bond motifs is 1. The predicted octanol–water partition coefficient (Wildman–Crippen LogP) is 5.25. The van der Waals surface area contributed by atoms with Crippen molar-refractivity contribution in [2.24, 2.45) is 13.0 Å². The molecule has 9 heteroatoms. The average Bonchev–Trinajstić information content (AvgIpc) is 3.66. The number of imidazole rings is 1. The third-order valence-electron chi connectivity index (χ3n) is 8.00. The summed E-state index contributed by atoms with van der Waals surface area (Å²) in [5, 5.41) is 0. The highest BCUT2D eigenvalue weighted by Gasteiger charge is 2.46. The lowest BCUT2D eigenvalue weighted by Gasteiger charge is -2.29. The molecule has 2 aliphatic carbocycles. The summed E-state index contributed by atoms with van der Waals surface area (Å²) in [5.41, 5.74) is 3.69. The average molecular weight is 559 g/mol. The minimum Gasteiger partial charge on any atom is -0.337 e. The lowest BCUT2D eigenvalue weighted by Crippen LogP contribution is -2.34. The quantitative estimate of drug-likeness (QED) is 0.320. The Hall–Kier alpha value is -3.82. The van der Waals surface area contributed by atoms with E-state index in [-0.39, 0.29) is 22.6 Å². The molecule has 0 saturated heterocycles. The largest absolute Gasteiger partial charge is 0.337 e. The highest BCUT2D eigenvalue weighted by molar-refractivity contribution is 7.89. The molecule has 0 radical (unpaired) electrons. The molecule has 3 atom stereocenters. The summed E-state index contributed by atoms with van der Waals surface area (Å²) in [6.07, 6.45) is 6.53. The molecule has 2 aliphatic rings. The van der Waals surface area contributed by atoms with Gasteiger partial charge in [0.2, 0.25) is 15.9 Å². The van der Waals surface area contributed by atoms with Crippen molar-refractivity contribution < 1.29 is 17.6 Å². The zero-order valence-corrected chi connectivity index (χ0v) is 23.0. The van der Waals surface area contributed by atoms with E-state index in [4.69, 9.17) is 0 Å². The molecular weight excluding hydrogens is 527 g/mol. The lowest BCUT2D eigenvalue weighted by atomic mass is 9.87. The van der Waals surface area contributed by atoms with Crippen molar-refractivity contribution in [3.63, 3.8) is 0 Å². The van der Waals surface area contributed by atoms with Gasteiger partial charge in [-0.2, -0.15) is 0 Å². The van der Waals surface area contributed by atoms with Gasteiger partial charge < -0.3 is 9.47 Å². The number of rotatable bonds is 8. The van der Waals surface area contributed by atoms with Crippen LogP contribution in [-0.4, -0.2) is 23.9 Å². The van der Waals surface area contributed by atoms with Crippen LogP contribution in [0, 0.1) is 11.7 Å². The van der Waals surface area contributed by atoms with Gasteiger partial charge in [0.15, 0.2) is 0 Å². The fourth-order valence-corrected chi connectivity index (χ4v) is 7.04. The highest BCUT2D eigenvalue weighted by atomic mass is 32.2. The van der Waals surface area contributed by atoms with E-state index in [1.807, 2.05) is 54.2 Å². The van der Waals surface area contributed by atoms with E-state index < -0.39 is 21.9 Å². The van der Waals surface area contributed by atoms with Gasteiger partial charge in [0.05, 0.1) is 6.54 Å². The summed E-state index contributed by atoms with van der Waals surface area (Å²) < 4.78 is 45.3. The summed E-state index contributed by atoms with van der Waals surface area (Å²) in [7, 11) is -2.19. The molecule has 0 bridgehead atoms. The Kier molecular flexibility index (Phi) is 7.02. The minimum absolute atomic E-state index is 0.0242. The molecule has 1 fully saturated rings. The maximum absolute atomic E-state index is 14.4. The Balaban J connectivity index is 1.32. The van der Waals surface area contributed by atoms with Crippen LogP contribution in [0.2, 0.25) is 0 Å². The van der Waals surface area contributed by atoms with Crippen molar-refractivity contribution in [1.82, 2.24) is 14.3 Å². The Bertz CT molecular complexity index is 1650. The number of anilines is 1. The van der Waals surface area contributed by atoms with E-state index in [0.29, 0.717) is 18.7 Å². The fraction of sp³-hybridized carbons (Fsp3) is 0.290. The summed E-state index contributed by atoms with van der Waals surface area (Å²) in [6, 6.07) is 20.8. The van der Waals surface area contributed by atoms with Crippen molar-refractivity contribution in [2.45, 2.75) is 49.1 Å². The highest BCUT2D eigenvalue weighted by Crippen LogP contribution is 2.49. The molecule has 1 saturated carbocycles. The molecule has 1 amide bonds. The first kappa shape index (κ1) is 26.4. The first-order valence-electron chi connectivity index (χ1n) is 13.5. The molecule has 0 unspecified atom stereocenters. The van der Waals surface area contributed by atoms with Crippen molar-refractivity contribution >= 4 is 21.6 Å². The lowest BCUT2D eigenvalue weighted by molar-refractivity contribution is -0.120. The number of aromatic nitrogens is 2. The second-order valence-corrected chi connectivity index (χ2v) is 12.3. The Morgan fingerprint density at radius 1 is 1.10 bits per heavy atom. The maximum atomic E-state index is 14.4. The van der Waals surface area contributed by atoms with Crippen LogP contribution in [0.4, 0.5) is 10.1 Å². The third-order valence-corrected chi connectivity index (χ3v) is 9.51. The maximum Gasteiger partial charge on any atom is 0.244 e. The molecule has 206 valence electrons. The zero-order valence-electron chi connectivity index (χ0n) is 22.2. The van der Waals surface area contributed by atoms with Gasteiger partial charge >= 0.3 is 0 Å². The SMILES string of the molecule is Cn1ccnc1CN(C(=O)[C@H]1C[C@@H]1c1ccccc1)c1ccc2c(c1)[C@@H](NS(=O)(=O)c1ccccc1F)CCC2. The zero-order chi connectivity index (χ0) is 27.9. The number of carbonyl (C=O) groups excluding carboxylic acids is 1. The number of nitrogens with zero attached hydrogens (tertiary/aromatic N) is 3. The van der Waals surface area contributed by atoms with Gasteiger partial charge in [0.25, 0.3) is 0 Å². The van der Waals surface area contributed by atoms with Crippen molar-refractivity contribution in [2.75, 3.05) is 4.90 Å². The summed E-state index contributed by atoms with van der Waals surface area (Å²) in [6.45, 7) is 0.296. The number of nitrogens with one attached hydrogen (secondary N) is 1. The summed E-state index contributed by atoms with van der Waals surface area (Å²) in [5.74, 6) is 0.0319. The minimum atomic E-state index is -4.09. The molecule has 3 aromatic carbocycles. The van der Waals surface area contributed by atoms with Gasteiger partial charge in [-0.1, -0.05) is 48.5 Å². The van der Waals surface area contributed by atoms with Crippen LogP contribution in [0.5, 0.6) is 0 Å². The van der Waals surface area contributed by atoms with E-state index in [9.17, 15) is 17.6 Å². The number of benzene rings is 3. The molecule has 1 aromatic heterocycles. The number of hydrogen-bond acceptors (Lipinski definition) is 4. The molecule has 1 N–H and O–H groups in total. The number of halogens is 1. The Labute approximate surface area is 233 Å². The number of hydrogen-bond donors (Lipinski definition) is 1. The van der Waals surface area contributed by atoms with Gasteiger partial charge in [-0.05, 0) is 72.6 Å². The molecule has 0 aliphatic heterocycles. The molecule has 7 nitrogen and oxygen atoms in total. The van der Waals surface area contributed by atoms with Gasteiger partial charge in [-0.25, -0.2) is 22.5 Å². The molecule has 0 spiro atoms. The molecule has 4 aromatic rings. The van der Waals surface area contributed by atoms with E-state index in [2.05, 4.69) is 21.8 Å². The first-order chi connectivity index (χ1) is 19.3. The van der Waals surface area contributed by atoms with Crippen LogP contribution in [0.15, 0.2) is 90.1 Å². The third kappa shape index (κ3) is 5.19. The van der Waals surface area contributed by atoms with Crippen LogP contribution in [0.1, 0.15) is 53.7 Å². The number of amides is 1. The Morgan fingerprint density at radius 2 is 1.88 bits per heavy atom. The van der Waals surface area contributed by atoms with Crippen LogP contribution >= 0.6 is 0 Å². The van der Waals surface area contributed by atoms with Gasteiger partial charge in [-0.3, -0.25) is 4.79 Å². The number of carbonyl (C=O) groups is 1. The van der Waals surface area contributed by atoms with Crippen molar-refractivity contribution in [1.29, 1.82) is 0 Å². The van der Waals surface area contributed by atoms with Crippen LogP contribution < -0.4 is 9.62 Å². The molecular formula is C31H31FN4O3S. The van der Waals surface area contributed by atoms with E-state index >= 15 is 0 Å². The second-order valence-electron chi connectivity index (χ2n) is 10.6. The Morgan fingerprint density at radius 3 is 2.62 bits per heavy atom. The first-order valence-corrected chi connectivity index (χ1v) is 15.0. The van der Waals surface area contributed by atoms with Gasteiger partial charge in [-0.15, -0.1) is 0 Å². The summed E-state index contributed by atoms with van der Waals surface area (Å²) >= 11 is 0. The van der Waals surface area contributed by atoms with Gasteiger partial charge in [0, 0.05) is 37.1 Å². The van der Waals surface area contributed by atoms with E-state index in [0.717, 1.165) is 47.8 Å². The smallest absolute Gasteiger partial charge is 0.244 e. The van der Waals surface area contributed by atoms with E-state index in [1.54, 1.807) is 11.1 Å². The van der Waals surface area contributed by atoms with E-state index in [1.165, 1.54) is 18.2 Å². The fourth-order valence-electron chi connectivity index (χ4n) is 5.71. The molecule has 40 heavy (non-hydrogen) atoms. The molecule has 1 heterocycles. The summed E-state index contributed by atoms with van der Waals surface area (Å²) in [4.78, 5) is 19.8. The topological polar surface area (TPSA) is 84.3 Å². The van der Waals surface area contributed by atoms with Crippen molar-refractivity contribution in [3.8, 4) is 0 Å². The number of sulfonamides is 1. The van der Waals surface area contributed by atoms with Crippen LogP contribution in [-0.2, 0) is 34.8 Å². The second kappa shape index (κ2) is 10.6. The monoisotopic (exact) mass is 558 g/mol. The predicted molar refractivity (Wildman–Crippen MR) is 151 cm³/mol. The number of aryl methyl sites for hydroxylation is 2. The molecule has 6 rings (SSSR count). The van der Waals surface area contributed by atoms with Crippen LogP contribution in [0.3, 0.4) is 0 Å².